The summed E-state index contributed by atoms with van der Waals surface area (Å²) in [5, 5.41) is 5.94. The summed E-state index contributed by atoms with van der Waals surface area (Å²) in [6.07, 6.45) is 8.63. The smallest absolute Gasteiger partial charge is 0.227 e. The van der Waals surface area contributed by atoms with Gasteiger partial charge in [0.05, 0.1) is 0 Å². The fourth-order valence-corrected chi connectivity index (χ4v) is 3.50. The van der Waals surface area contributed by atoms with E-state index in [1.165, 1.54) is 0 Å². The lowest BCUT2D eigenvalue weighted by Crippen LogP contribution is -2.21. The Hall–Kier alpha value is -1.84. The minimum Gasteiger partial charge on any atom is -0.326 e. The summed E-state index contributed by atoms with van der Waals surface area (Å²) < 4.78 is 0. The van der Waals surface area contributed by atoms with Crippen molar-refractivity contribution in [1.82, 2.24) is 0 Å². The summed E-state index contributed by atoms with van der Waals surface area (Å²) in [7, 11) is 0. The van der Waals surface area contributed by atoms with Crippen LogP contribution < -0.4 is 10.6 Å². The molecule has 2 aliphatic rings. The second kappa shape index (κ2) is 6.95. The number of nitrogens with one attached hydrogen (secondary N) is 2. The highest BCUT2D eigenvalue weighted by molar-refractivity contribution is 5.94. The summed E-state index contributed by atoms with van der Waals surface area (Å²) in [6, 6.07) is 7.43. The third-order valence-electron chi connectivity index (χ3n) is 4.87. The number of hydrogen-bond donors (Lipinski definition) is 2. The van der Waals surface area contributed by atoms with Crippen LogP contribution in [-0.4, -0.2) is 11.8 Å². The van der Waals surface area contributed by atoms with Gasteiger partial charge in [-0.1, -0.05) is 25.7 Å². The minimum absolute atomic E-state index is 0.125. The summed E-state index contributed by atoms with van der Waals surface area (Å²) >= 11 is 0. The molecule has 2 aliphatic carbocycles. The average molecular weight is 300 g/mol. The van der Waals surface area contributed by atoms with Gasteiger partial charge in [-0.05, 0) is 49.9 Å². The zero-order chi connectivity index (χ0) is 15.4. The lowest BCUT2D eigenvalue weighted by Gasteiger charge is -2.12. The number of carbonyl (C=O) groups excluding carboxylic acids is 2. The van der Waals surface area contributed by atoms with Crippen LogP contribution in [0.25, 0.3) is 0 Å². The van der Waals surface area contributed by atoms with E-state index in [9.17, 15) is 9.59 Å². The van der Waals surface area contributed by atoms with Crippen molar-refractivity contribution in [3.63, 3.8) is 0 Å². The number of benzene rings is 1. The van der Waals surface area contributed by atoms with Gasteiger partial charge in [-0.15, -0.1) is 0 Å². The van der Waals surface area contributed by atoms with E-state index < -0.39 is 0 Å². The van der Waals surface area contributed by atoms with Crippen LogP contribution in [0.1, 0.15) is 51.4 Å². The maximum absolute atomic E-state index is 12.1. The van der Waals surface area contributed by atoms with Crippen LogP contribution in [0.4, 0.5) is 11.4 Å². The lowest BCUT2D eigenvalue weighted by molar-refractivity contribution is -0.120. The monoisotopic (exact) mass is 300 g/mol. The molecule has 118 valence electrons. The molecule has 2 amide bonds. The SMILES string of the molecule is O=C(Nc1ccc(NC(=O)C2CCCC2)cc1)C1CCCC1. The van der Waals surface area contributed by atoms with E-state index >= 15 is 0 Å². The molecule has 0 unspecified atom stereocenters. The number of rotatable bonds is 4. The van der Waals surface area contributed by atoms with Gasteiger partial charge >= 0.3 is 0 Å². The van der Waals surface area contributed by atoms with Gasteiger partial charge in [0.25, 0.3) is 0 Å². The molecule has 4 heteroatoms. The van der Waals surface area contributed by atoms with Crippen LogP contribution >= 0.6 is 0 Å². The predicted molar refractivity (Wildman–Crippen MR) is 87.6 cm³/mol. The molecule has 22 heavy (non-hydrogen) atoms. The van der Waals surface area contributed by atoms with Crippen LogP contribution in [0, 0.1) is 11.8 Å². The van der Waals surface area contributed by atoms with Gasteiger partial charge in [0, 0.05) is 23.2 Å². The molecule has 2 saturated carbocycles. The van der Waals surface area contributed by atoms with Gasteiger partial charge in [-0.25, -0.2) is 0 Å². The number of amides is 2. The molecule has 0 spiro atoms. The first kappa shape index (κ1) is 15.1. The second-order valence-corrected chi connectivity index (χ2v) is 6.52. The van der Waals surface area contributed by atoms with Crippen molar-refractivity contribution in [3.05, 3.63) is 24.3 Å². The van der Waals surface area contributed by atoms with Crippen LogP contribution in [0.3, 0.4) is 0 Å². The second-order valence-electron chi connectivity index (χ2n) is 6.52. The molecule has 4 nitrogen and oxygen atoms in total. The van der Waals surface area contributed by atoms with Crippen molar-refractivity contribution in [3.8, 4) is 0 Å². The van der Waals surface area contributed by atoms with E-state index in [0.29, 0.717) is 0 Å². The van der Waals surface area contributed by atoms with E-state index in [1.807, 2.05) is 24.3 Å². The highest BCUT2D eigenvalue weighted by Crippen LogP contribution is 2.27. The summed E-state index contributed by atoms with van der Waals surface area (Å²) in [5.74, 6) is 0.587. The maximum Gasteiger partial charge on any atom is 0.227 e. The van der Waals surface area contributed by atoms with E-state index in [1.54, 1.807) is 0 Å². The Balaban J connectivity index is 1.53. The zero-order valence-corrected chi connectivity index (χ0v) is 12.9. The summed E-state index contributed by atoms with van der Waals surface area (Å²) in [6.45, 7) is 0. The molecule has 0 bridgehead atoms. The van der Waals surface area contributed by atoms with Gasteiger partial charge in [-0.2, -0.15) is 0 Å². The normalized spacial score (nSPS) is 19.3. The Morgan fingerprint density at radius 3 is 1.32 bits per heavy atom. The molecule has 2 N–H and O–H groups in total. The van der Waals surface area contributed by atoms with Crippen molar-refractivity contribution >= 4 is 23.2 Å². The molecule has 0 heterocycles. The minimum atomic E-state index is 0.125. The summed E-state index contributed by atoms with van der Waals surface area (Å²) in [5.41, 5.74) is 1.60. The fraction of sp³-hybridized carbons (Fsp3) is 0.556. The highest BCUT2D eigenvalue weighted by atomic mass is 16.2. The molecular formula is C18H24N2O2. The van der Waals surface area contributed by atoms with E-state index in [2.05, 4.69) is 10.6 Å². The Bertz CT molecular complexity index is 478. The van der Waals surface area contributed by atoms with Crippen molar-refractivity contribution < 1.29 is 9.59 Å². The summed E-state index contributed by atoms with van der Waals surface area (Å²) in [4.78, 5) is 24.1. The Morgan fingerprint density at radius 1 is 0.682 bits per heavy atom. The molecular weight excluding hydrogens is 276 g/mol. The Labute approximate surface area is 131 Å². The third-order valence-corrected chi connectivity index (χ3v) is 4.87. The topological polar surface area (TPSA) is 58.2 Å². The predicted octanol–water partition coefficient (Wildman–Crippen LogP) is 3.94. The molecule has 2 fully saturated rings. The lowest BCUT2D eigenvalue weighted by atomic mass is 10.1. The first-order valence-electron chi connectivity index (χ1n) is 8.44. The number of hydrogen-bond acceptors (Lipinski definition) is 2. The Morgan fingerprint density at radius 2 is 1.00 bits per heavy atom. The zero-order valence-electron chi connectivity index (χ0n) is 12.9. The van der Waals surface area contributed by atoms with Gasteiger partial charge in [0.2, 0.25) is 11.8 Å². The van der Waals surface area contributed by atoms with Crippen molar-refractivity contribution in [1.29, 1.82) is 0 Å². The molecule has 0 atom stereocenters. The maximum atomic E-state index is 12.1. The van der Waals surface area contributed by atoms with Crippen LogP contribution in [0.15, 0.2) is 24.3 Å². The third kappa shape index (κ3) is 3.67. The van der Waals surface area contributed by atoms with Gasteiger partial charge < -0.3 is 10.6 Å². The van der Waals surface area contributed by atoms with Crippen LogP contribution in [0.2, 0.25) is 0 Å². The standard InChI is InChI=1S/C18H24N2O2/c21-17(13-5-1-2-6-13)19-15-9-11-16(12-10-15)20-18(22)14-7-3-4-8-14/h9-14H,1-8H2,(H,19,21)(H,20,22). The molecule has 1 aromatic carbocycles. The van der Waals surface area contributed by atoms with Crippen LogP contribution in [0.5, 0.6) is 0 Å². The first-order valence-corrected chi connectivity index (χ1v) is 8.44. The van der Waals surface area contributed by atoms with Gasteiger partial charge in [0.1, 0.15) is 0 Å². The van der Waals surface area contributed by atoms with Crippen LogP contribution in [-0.2, 0) is 9.59 Å². The quantitative estimate of drug-likeness (QED) is 0.884. The number of carbonyl (C=O) groups is 2. The number of anilines is 2. The molecule has 1 aromatic rings. The molecule has 0 radical (unpaired) electrons. The Kier molecular flexibility index (Phi) is 4.76. The largest absolute Gasteiger partial charge is 0.326 e. The molecule has 0 aliphatic heterocycles. The van der Waals surface area contributed by atoms with E-state index in [0.717, 1.165) is 62.7 Å². The van der Waals surface area contributed by atoms with Crippen molar-refractivity contribution in [2.45, 2.75) is 51.4 Å². The molecule has 3 rings (SSSR count). The highest BCUT2D eigenvalue weighted by Gasteiger charge is 2.23. The molecule has 0 saturated heterocycles. The average Bonchev–Trinajstić information content (AvgIpc) is 3.23. The molecule has 0 aromatic heterocycles. The van der Waals surface area contributed by atoms with Gasteiger partial charge in [-0.3, -0.25) is 9.59 Å². The van der Waals surface area contributed by atoms with E-state index in [-0.39, 0.29) is 23.7 Å². The fourth-order valence-electron chi connectivity index (χ4n) is 3.50. The van der Waals surface area contributed by atoms with Crippen molar-refractivity contribution in [2.24, 2.45) is 11.8 Å². The van der Waals surface area contributed by atoms with Crippen molar-refractivity contribution in [2.75, 3.05) is 10.6 Å². The first-order chi connectivity index (χ1) is 10.7. The van der Waals surface area contributed by atoms with E-state index in [4.69, 9.17) is 0 Å². The van der Waals surface area contributed by atoms with Gasteiger partial charge in [0.15, 0.2) is 0 Å².